The van der Waals surface area contributed by atoms with E-state index in [9.17, 15) is 0 Å². The molecular weight excluding hydrogens is 324 g/mol. The topological polar surface area (TPSA) is 86.5 Å². The van der Waals surface area contributed by atoms with Gasteiger partial charge >= 0.3 is 0 Å². The van der Waals surface area contributed by atoms with Gasteiger partial charge in [0.2, 0.25) is 0 Å². The molecule has 0 aliphatic rings. The Bertz CT molecular complexity index is 752. The monoisotopic (exact) mass is 352 g/mol. The Morgan fingerprint density at radius 3 is 2.54 bits per heavy atom. The predicted molar refractivity (Wildman–Crippen MR) is 109 cm³/mol. The van der Waals surface area contributed by atoms with Crippen molar-refractivity contribution in [3.8, 4) is 5.75 Å². The average molecular weight is 352 g/mol. The minimum Gasteiger partial charge on any atom is -0.482 e. The first-order chi connectivity index (χ1) is 12.6. The molecular formula is C21H28N4O. The fourth-order valence-corrected chi connectivity index (χ4v) is 2.59. The van der Waals surface area contributed by atoms with Gasteiger partial charge in [-0.3, -0.25) is 4.99 Å². The summed E-state index contributed by atoms with van der Waals surface area (Å²) in [4.78, 5) is 8.85. The molecule has 0 radical (unpaired) electrons. The van der Waals surface area contributed by atoms with E-state index in [-0.39, 0.29) is 6.10 Å². The molecule has 0 fully saturated rings. The molecule has 1 atom stereocenters. The molecule has 1 unspecified atom stereocenters. The van der Waals surface area contributed by atoms with Crippen molar-refractivity contribution in [2.45, 2.75) is 45.8 Å². The summed E-state index contributed by atoms with van der Waals surface area (Å²) in [5.74, 6) is 0.888. The molecule has 0 saturated carbocycles. The minimum absolute atomic E-state index is 0.140. The van der Waals surface area contributed by atoms with Gasteiger partial charge in [0.15, 0.2) is 11.6 Å². The zero-order chi connectivity index (χ0) is 18.9. The molecule has 1 heterocycles. The zero-order valence-electron chi connectivity index (χ0n) is 15.7. The molecule has 0 amide bonds. The van der Waals surface area contributed by atoms with Gasteiger partial charge in [-0.2, -0.15) is 0 Å². The summed E-state index contributed by atoms with van der Waals surface area (Å²) in [6.07, 6.45) is 6.87. The highest BCUT2D eigenvalue weighted by molar-refractivity contribution is 6.09. The Morgan fingerprint density at radius 2 is 1.92 bits per heavy atom. The highest BCUT2D eigenvalue weighted by Gasteiger charge is 2.12. The fraction of sp³-hybridized carbons (Fsp3) is 0.333. The van der Waals surface area contributed by atoms with Crippen molar-refractivity contribution in [1.82, 2.24) is 4.98 Å². The van der Waals surface area contributed by atoms with E-state index in [4.69, 9.17) is 16.2 Å². The average Bonchev–Trinajstić information content (AvgIpc) is 2.68. The Balaban J connectivity index is 2.22. The second kappa shape index (κ2) is 9.61. The lowest BCUT2D eigenvalue weighted by atomic mass is 10.1. The number of ether oxygens (including phenoxy) is 1. The number of aromatic nitrogens is 1. The number of anilines is 1. The standard InChI is InChI=1S/C21H28N4O/c1-4-19(5-2)24-14-18(12-22)17-11-20(21(23)25-13-17)26-15(3)16-9-7-6-8-10-16/h6-15,19H,4-5,22H2,1-3H3,(H2,23,25). The number of rotatable bonds is 8. The third-order valence-corrected chi connectivity index (χ3v) is 4.33. The lowest BCUT2D eigenvalue weighted by Crippen LogP contribution is -2.07. The zero-order valence-corrected chi connectivity index (χ0v) is 15.7. The molecule has 0 bridgehead atoms. The Labute approximate surface area is 155 Å². The van der Waals surface area contributed by atoms with E-state index < -0.39 is 0 Å². The maximum absolute atomic E-state index is 6.03. The third kappa shape index (κ3) is 5.09. The summed E-state index contributed by atoms with van der Waals surface area (Å²) in [7, 11) is 0. The van der Waals surface area contributed by atoms with Crippen LogP contribution in [0.3, 0.4) is 0 Å². The van der Waals surface area contributed by atoms with E-state index in [1.165, 1.54) is 6.20 Å². The Kier molecular flexibility index (Phi) is 7.21. The van der Waals surface area contributed by atoms with Crippen LogP contribution in [-0.4, -0.2) is 17.2 Å². The van der Waals surface area contributed by atoms with E-state index in [1.54, 1.807) is 12.4 Å². The fourth-order valence-electron chi connectivity index (χ4n) is 2.59. The highest BCUT2D eigenvalue weighted by Crippen LogP contribution is 2.28. The van der Waals surface area contributed by atoms with E-state index >= 15 is 0 Å². The van der Waals surface area contributed by atoms with Gasteiger partial charge in [-0.15, -0.1) is 0 Å². The van der Waals surface area contributed by atoms with Crippen molar-refractivity contribution < 1.29 is 4.74 Å². The van der Waals surface area contributed by atoms with Crippen molar-refractivity contribution in [3.63, 3.8) is 0 Å². The van der Waals surface area contributed by atoms with Crippen LogP contribution in [0.25, 0.3) is 5.57 Å². The van der Waals surface area contributed by atoms with Gasteiger partial charge in [0.05, 0.1) is 0 Å². The number of benzene rings is 1. The predicted octanol–water partition coefficient (Wildman–Crippen LogP) is 4.36. The van der Waals surface area contributed by atoms with Crippen LogP contribution >= 0.6 is 0 Å². The van der Waals surface area contributed by atoms with Gasteiger partial charge < -0.3 is 16.2 Å². The van der Waals surface area contributed by atoms with Crippen LogP contribution in [-0.2, 0) is 0 Å². The molecule has 0 aliphatic heterocycles. The van der Waals surface area contributed by atoms with Crippen LogP contribution in [0.5, 0.6) is 5.75 Å². The molecule has 26 heavy (non-hydrogen) atoms. The number of hydrogen-bond acceptors (Lipinski definition) is 5. The van der Waals surface area contributed by atoms with Crippen LogP contribution < -0.4 is 16.2 Å². The number of nitrogens with two attached hydrogens (primary N) is 2. The molecule has 5 heteroatoms. The van der Waals surface area contributed by atoms with Crippen LogP contribution in [0.4, 0.5) is 5.82 Å². The van der Waals surface area contributed by atoms with E-state index in [2.05, 4.69) is 23.8 Å². The molecule has 4 N–H and O–H groups in total. The van der Waals surface area contributed by atoms with Gasteiger partial charge in [-0.25, -0.2) is 4.98 Å². The quantitative estimate of drug-likeness (QED) is 0.691. The highest BCUT2D eigenvalue weighted by atomic mass is 16.5. The number of nitrogen functional groups attached to an aromatic ring is 1. The smallest absolute Gasteiger partial charge is 0.166 e. The number of nitrogens with zero attached hydrogens (tertiary/aromatic N) is 2. The number of hydrogen-bond donors (Lipinski definition) is 2. The first kappa shape index (κ1) is 19.5. The van der Waals surface area contributed by atoms with Crippen LogP contribution in [0.15, 0.2) is 53.8 Å². The molecule has 1 aromatic heterocycles. The summed E-state index contributed by atoms with van der Waals surface area (Å²) in [5.41, 5.74) is 14.5. The lowest BCUT2D eigenvalue weighted by Gasteiger charge is -2.17. The molecule has 0 saturated heterocycles. The molecule has 0 aliphatic carbocycles. The van der Waals surface area contributed by atoms with Crippen LogP contribution in [0.1, 0.15) is 50.8 Å². The van der Waals surface area contributed by atoms with Crippen molar-refractivity contribution in [2.75, 3.05) is 5.73 Å². The Hall–Kier alpha value is -2.82. The minimum atomic E-state index is -0.140. The third-order valence-electron chi connectivity index (χ3n) is 4.33. The molecule has 5 nitrogen and oxygen atoms in total. The second-order valence-electron chi connectivity index (χ2n) is 6.15. The van der Waals surface area contributed by atoms with Crippen molar-refractivity contribution in [3.05, 3.63) is 59.9 Å². The SMILES string of the molecule is CCC(CC)N=CC(=CN)c1cnc(N)c(OC(C)c2ccccc2)c1. The molecule has 1 aromatic carbocycles. The lowest BCUT2D eigenvalue weighted by molar-refractivity contribution is 0.227. The van der Waals surface area contributed by atoms with E-state index in [0.717, 1.165) is 29.5 Å². The van der Waals surface area contributed by atoms with Crippen molar-refractivity contribution in [2.24, 2.45) is 10.7 Å². The van der Waals surface area contributed by atoms with Crippen molar-refractivity contribution >= 4 is 17.6 Å². The normalized spacial score (nSPS) is 13.3. The van der Waals surface area contributed by atoms with Crippen molar-refractivity contribution in [1.29, 1.82) is 0 Å². The largest absolute Gasteiger partial charge is 0.482 e. The van der Waals surface area contributed by atoms with Gasteiger partial charge in [-0.05, 0) is 31.4 Å². The van der Waals surface area contributed by atoms with Crippen LogP contribution in [0, 0.1) is 0 Å². The first-order valence-electron chi connectivity index (χ1n) is 9.01. The van der Waals surface area contributed by atoms with Gasteiger partial charge in [0.25, 0.3) is 0 Å². The van der Waals surface area contributed by atoms with E-state index in [1.807, 2.05) is 43.3 Å². The van der Waals surface area contributed by atoms with E-state index in [0.29, 0.717) is 17.6 Å². The maximum atomic E-state index is 6.03. The second-order valence-corrected chi connectivity index (χ2v) is 6.15. The molecule has 0 spiro atoms. The summed E-state index contributed by atoms with van der Waals surface area (Å²) in [5, 5.41) is 0. The van der Waals surface area contributed by atoms with Crippen LogP contribution in [0.2, 0.25) is 0 Å². The summed E-state index contributed by atoms with van der Waals surface area (Å²) in [6, 6.07) is 12.1. The molecule has 2 aromatic rings. The number of aliphatic imine (C=N–C) groups is 1. The number of pyridine rings is 1. The summed E-state index contributed by atoms with van der Waals surface area (Å²) >= 11 is 0. The molecule has 2 rings (SSSR count). The summed E-state index contributed by atoms with van der Waals surface area (Å²) < 4.78 is 6.03. The first-order valence-corrected chi connectivity index (χ1v) is 9.01. The number of allylic oxidation sites excluding steroid dienone is 1. The maximum Gasteiger partial charge on any atom is 0.166 e. The molecule has 138 valence electrons. The van der Waals surface area contributed by atoms with Gasteiger partial charge in [0.1, 0.15) is 6.10 Å². The summed E-state index contributed by atoms with van der Waals surface area (Å²) in [6.45, 7) is 6.23. The van der Waals surface area contributed by atoms with Gasteiger partial charge in [-0.1, -0.05) is 44.2 Å². The Morgan fingerprint density at radius 1 is 1.23 bits per heavy atom. The van der Waals surface area contributed by atoms with Gasteiger partial charge in [0, 0.05) is 35.8 Å².